The molecule has 0 atom stereocenters. The number of hydrogen-bond acceptors (Lipinski definition) is 1. The van der Waals surface area contributed by atoms with Crippen LogP contribution in [0.15, 0.2) is 0 Å². The van der Waals surface area contributed by atoms with E-state index in [1.165, 1.54) is 25.0 Å². The summed E-state index contributed by atoms with van der Waals surface area (Å²) in [6, 6.07) is 0. The van der Waals surface area contributed by atoms with Crippen molar-refractivity contribution in [2.24, 2.45) is 11.3 Å². The standard InChI is InChI=1S/C10H18S/c1-8(2)9(3)6-10(7-9)4-5-11-10/h8H,4-7H2,1-3H3. The molecule has 1 heteroatoms. The smallest absolute Gasteiger partial charge is 0.0178 e. The van der Waals surface area contributed by atoms with Crippen molar-refractivity contribution in [1.29, 1.82) is 0 Å². The van der Waals surface area contributed by atoms with Gasteiger partial charge in [0.2, 0.25) is 0 Å². The zero-order valence-electron chi connectivity index (χ0n) is 7.81. The van der Waals surface area contributed by atoms with Gasteiger partial charge in [-0.2, -0.15) is 11.8 Å². The maximum Gasteiger partial charge on any atom is 0.0178 e. The van der Waals surface area contributed by atoms with Gasteiger partial charge in [0.25, 0.3) is 0 Å². The highest BCUT2D eigenvalue weighted by atomic mass is 32.2. The quantitative estimate of drug-likeness (QED) is 0.582. The molecule has 0 amide bonds. The van der Waals surface area contributed by atoms with E-state index in [0.717, 1.165) is 10.7 Å². The molecule has 1 saturated heterocycles. The van der Waals surface area contributed by atoms with Crippen molar-refractivity contribution in [2.75, 3.05) is 5.75 Å². The van der Waals surface area contributed by atoms with Crippen LogP contribution >= 0.6 is 11.8 Å². The minimum atomic E-state index is 0.688. The number of rotatable bonds is 1. The predicted octanol–water partition coefficient (Wildman–Crippen LogP) is 3.32. The Bertz CT molecular complexity index is 160. The van der Waals surface area contributed by atoms with E-state index in [1.807, 2.05) is 0 Å². The molecule has 0 nitrogen and oxygen atoms in total. The van der Waals surface area contributed by atoms with E-state index in [0.29, 0.717) is 5.41 Å². The molecule has 2 rings (SSSR count). The second kappa shape index (κ2) is 2.18. The van der Waals surface area contributed by atoms with Crippen LogP contribution in [0.5, 0.6) is 0 Å². The van der Waals surface area contributed by atoms with E-state index in [9.17, 15) is 0 Å². The van der Waals surface area contributed by atoms with Crippen LogP contribution in [0, 0.1) is 11.3 Å². The molecule has 1 aliphatic heterocycles. The molecule has 0 aromatic heterocycles. The summed E-state index contributed by atoms with van der Waals surface area (Å²) in [6.07, 6.45) is 4.48. The summed E-state index contributed by atoms with van der Waals surface area (Å²) in [5.41, 5.74) is 0.688. The first-order valence-electron chi connectivity index (χ1n) is 4.70. The molecule has 0 bridgehead atoms. The Morgan fingerprint density at radius 1 is 1.27 bits per heavy atom. The Labute approximate surface area is 74.1 Å². The van der Waals surface area contributed by atoms with Crippen LogP contribution < -0.4 is 0 Å². The highest BCUT2D eigenvalue weighted by Gasteiger charge is 2.56. The lowest BCUT2D eigenvalue weighted by atomic mass is 9.56. The van der Waals surface area contributed by atoms with Gasteiger partial charge in [-0.15, -0.1) is 0 Å². The van der Waals surface area contributed by atoms with Crippen LogP contribution in [0.1, 0.15) is 40.0 Å². The molecule has 64 valence electrons. The molecule has 2 fully saturated rings. The van der Waals surface area contributed by atoms with E-state index in [2.05, 4.69) is 32.5 Å². The topological polar surface area (TPSA) is 0 Å². The van der Waals surface area contributed by atoms with Gasteiger partial charge in [0.15, 0.2) is 0 Å². The molecular weight excluding hydrogens is 152 g/mol. The minimum absolute atomic E-state index is 0.688. The molecular formula is C10H18S. The molecule has 11 heavy (non-hydrogen) atoms. The Balaban J connectivity index is 1.95. The third-order valence-electron chi connectivity index (χ3n) is 3.81. The Morgan fingerprint density at radius 3 is 2.09 bits per heavy atom. The molecule has 1 heterocycles. The molecule has 1 aliphatic carbocycles. The molecule has 0 radical (unpaired) electrons. The zero-order chi connectivity index (χ0) is 8.11. The summed E-state index contributed by atoms with van der Waals surface area (Å²) in [6.45, 7) is 7.20. The lowest BCUT2D eigenvalue weighted by molar-refractivity contribution is 0.0404. The molecule has 0 aromatic rings. The van der Waals surface area contributed by atoms with Crippen LogP contribution in [0.4, 0.5) is 0 Å². The van der Waals surface area contributed by atoms with Crippen LogP contribution in [-0.2, 0) is 0 Å². The second-order valence-corrected chi connectivity index (χ2v) is 6.51. The normalized spacial score (nSPS) is 49.1. The van der Waals surface area contributed by atoms with Gasteiger partial charge in [-0.1, -0.05) is 20.8 Å². The largest absolute Gasteiger partial charge is 0.155 e. The summed E-state index contributed by atoms with van der Waals surface area (Å²) in [5.74, 6) is 2.31. The van der Waals surface area contributed by atoms with E-state index in [-0.39, 0.29) is 0 Å². The Hall–Kier alpha value is 0.350. The fraction of sp³-hybridized carbons (Fsp3) is 1.00. The third kappa shape index (κ3) is 1.04. The van der Waals surface area contributed by atoms with Gasteiger partial charge in [0, 0.05) is 4.75 Å². The van der Waals surface area contributed by atoms with E-state index in [1.54, 1.807) is 0 Å². The lowest BCUT2D eigenvalue weighted by Gasteiger charge is -2.61. The molecule has 1 saturated carbocycles. The highest BCUT2D eigenvalue weighted by molar-refractivity contribution is 8.02. The summed E-state index contributed by atoms with van der Waals surface area (Å²) in [7, 11) is 0. The van der Waals surface area contributed by atoms with Crippen molar-refractivity contribution >= 4 is 11.8 Å². The van der Waals surface area contributed by atoms with Crippen molar-refractivity contribution in [3.63, 3.8) is 0 Å². The molecule has 0 N–H and O–H groups in total. The summed E-state index contributed by atoms with van der Waals surface area (Å²) < 4.78 is 0.777. The van der Waals surface area contributed by atoms with Gasteiger partial charge in [-0.3, -0.25) is 0 Å². The molecule has 0 aromatic carbocycles. The minimum Gasteiger partial charge on any atom is -0.155 e. The van der Waals surface area contributed by atoms with Crippen molar-refractivity contribution in [1.82, 2.24) is 0 Å². The van der Waals surface area contributed by atoms with Gasteiger partial charge in [-0.05, 0) is 36.3 Å². The zero-order valence-corrected chi connectivity index (χ0v) is 8.63. The van der Waals surface area contributed by atoms with E-state index < -0.39 is 0 Å². The fourth-order valence-corrected chi connectivity index (χ4v) is 4.14. The van der Waals surface area contributed by atoms with Crippen molar-refractivity contribution in [2.45, 2.75) is 44.8 Å². The van der Waals surface area contributed by atoms with Crippen molar-refractivity contribution in [3.05, 3.63) is 0 Å². The van der Waals surface area contributed by atoms with Gasteiger partial charge >= 0.3 is 0 Å². The first-order valence-corrected chi connectivity index (χ1v) is 5.69. The van der Waals surface area contributed by atoms with Crippen LogP contribution in [0.2, 0.25) is 0 Å². The average molecular weight is 170 g/mol. The predicted molar refractivity (Wildman–Crippen MR) is 52.0 cm³/mol. The average Bonchev–Trinajstić information content (AvgIpc) is 1.75. The Morgan fingerprint density at radius 2 is 1.82 bits per heavy atom. The molecule has 1 spiro atoms. The maximum absolute atomic E-state index is 2.46. The lowest BCUT2D eigenvalue weighted by Crippen LogP contribution is -2.54. The Kier molecular flexibility index (Phi) is 1.58. The first kappa shape index (κ1) is 7.97. The van der Waals surface area contributed by atoms with Crippen molar-refractivity contribution < 1.29 is 0 Å². The van der Waals surface area contributed by atoms with E-state index >= 15 is 0 Å². The molecule has 2 aliphatic rings. The van der Waals surface area contributed by atoms with Crippen LogP contribution in [0.25, 0.3) is 0 Å². The monoisotopic (exact) mass is 170 g/mol. The van der Waals surface area contributed by atoms with Gasteiger partial charge in [-0.25, -0.2) is 0 Å². The maximum atomic E-state index is 2.46. The second-order valence-electron chi connectivity index (χ2n) is 4.94. The van der Waals surface area contributed by atoms with Gasteiger partial charge in [0.05, 0.1) is 0 Å². The van der Waals surface area contributed by atoms with Crippen molar-refractivity contribution in [3.8, 4) is 0 Å². The van der Waals surface area contributed by atoms with E-state index in [4.69, 9.17) is 0 Å². The summed E-state index contributed by atoms with van der Waals surface area (Å²) in [4.78, 5) is 0. The fourth-order valence-electron chi connectivity index (χ4n) is 2.50. The highest BCUT2D eigenvalue weighted by Crippen LogP contribution is 2.64. The summed E-state index contributed by atoms with van der Waals surface area (Å²) >= 11 is 2.21. The van der Waals surface area contributed by atoms with Crippen LogP contribution in [0.3, 0.4) is 0 Å². The SMILES string of the molecule is CC(C)C1(C)CC2(CCS2)C1. The number of thioether (sulfide) groups is 1. The van der Waals surface area contributed by atoms with Gasteiger partial charge < -0.3 is 0 Å². The summed E-state index contributed by atoms with van der Waals surface area (Å²) in [5, 5.41) is 0. The molecule has 0 unspecified atom stereocenters. The number of hydrogen-bond donors (Lipinski definition) is 0. The van der Waals surface area contributed by atoms with Gasteiger partial charge in [0.1, 0.15) is 0 Å². The third-order valence-corrected chi connectivity index (χ3v) is 5.33. The first-order chi connectivity index (χ1) is 5.06. The van der Waals surface area contributed by atoms with Crippen LogP contribution in [-0.4, -0.2) is 10.5 Å².